The van der Waals surface area contributed by atoms with Crippen molar-refractivity contribution in [2.75, 3.05) is 47.0 Å². The van der Waals surface area contributed by atoms with Crippen LogP contribution in [0, 0.1) is 0 Å². The molecule has 0 amide bonds. The van der Waals surface area contributed by atoms with Crippen molar-refractivity contribution in [2.45, 2.75) is 31.8 Å². The first-order valence-electron chi connectivity index (χ1n) is 8.53. The summed E-state index contributed by atoms with van der Waals surface area (Å²) in [4.78, 5) is 8.14. The van der Waals surface area contributed by atoms with Gasteiger partial charge in [-0.05, 0) is 53.7 Å². The van der Waals surface area contributed by atoms with Gasteiger partial charge in [-0.25, -0.2) is 0 Å². The van der Waals surface area contributed by atoms with E-state index in [4.69, 9.17) is 9.47 Å². The first-order chi connectivity index (χ1) is 11.7. The molecular formula is C17H29BrIN3O2S. The van der Waals surface area contributed by atoms with Gasteiger partial charge in [0, 0.05) is 51.9 Å². The maximum absolute atomic E-state index is 5.92. The fourth-order valence-corrected chi connectivity index (χ4v) is 4.29. The summed E-state index contributed by atoms with van der Waals surface area (Å²) in [7, 11) is 3.59. The zero-order valence-electron chi connectivity index (χ0n) is 15.0. The Kier molecular flexibility index (Phi) is 12.3. The smallest absolute Gasteiger partial charge is 0.193 e. The molecule has 0 aliphatic carbocycles. The number of halogens is 2. The highest BCUT2D eigenvalue weighted by atomic mass is 127. The maximum atomic E-state index is 5.92. The minimum absolute atomic E-state index is 0. The molecule has 2 heterocycles. The Balaban J connectivity index is 0.00000312. The van der Waals surface area contributed by atoms with E-state index in [-0.39, 0.29) is 24.0 Å². The molecule has 8 heteroatoms. The van der Waals surface area contributed by atoms with Crippen LogP contribution in [0.5, 0.6) is 0 Å². The van der Waals surface area contributed by atoms with Crippen molar-refractivity contribution in [2.24, 2.45) is 4.99 Å². The lowest BCUT2D eigenvalue weighted by molar-refractivity contribution is 0.00992. The van der Waals surface area contributed by atoms with Gasteiger partial charge in [-0.15, -0.1) is 35.3 Å². The average Bonchev–Trinajstić information content (AvgIpc) is 3.02. The van der Waals surface area contributed by atoms with Crippen LogP contribution in [-0.2, 0) is 15.9 Å². The number of ether oxygens (including phenoxy) is 2. The average molecular weight is 546 g/mol. The van der Waals surface area contributed by atoms with E-state index < -0.39 is 0 Å². The van der Waals surface area contributed by atoms with Gasteiger partial charge in [0.2, 0.25) is 0 Å². The molecule has 0 bridgehead atoms. The van der Waals surface area contributed by atoms with Gasteiger partial charge in [0.05, 0.1) is 9.89 Å². The molecular weight excluding hydrogens is 517 g/mol. The fourth-order valence-electron chi connectivity index (χ4n) is 2.80. The van der Waals surface area contributed by atoms with Crippen molar-refractivity contribution in [1.82, 2.24) is 10.2 Å². The number of hydrogen-bond donors (Lipinski definition) is 1. The molecule has 5 nitrogen and oxygen atoms in total. The Morgan fingerprint density at radius 3 is 2.72 bits per heavy atom. The molecule has 0 spiro atoms. The summed E-state index contributed by atoms with van der Waals surface area (Å²) in [6.07, 6.45) is 4.49. The summed E-state index contributed by atoms with van der Waals surface area (Å²) in [5, 5.41) is 3.48. The van der Waals surface area contributed by atoms with E-state index in [1.807, 2.05) is 7.05 Å². The molecule has 1 aliphatic rings. The van der Waals surface area contributed by atoms with Gasteiger partial charge in [0.25, 0.3) is 0 Å². The number of piperidine rings is 1. The first-order valence-corrected chi connectivity index (χ1v) is 10.1. The van der Waals surface area contributed by atoms with Crippen LogP contribution in [-0.4, -0.2) is 64.0 Å². The molecule has 144 valence electrons. The molecule has 0 aromatic carbocycles. The van der Waals surface area contributed by atoms with Gasteiger partial charge in [0.1, 0.15) is 0 Å². The number of nitrogens with one attached hydrogen (secondary N) is 1. The van der Waals surface area contributed by atoms with Crippen LogP contribution in [0.4, 0.5) is 0 Å². The number of hydrogen-bond acceptors (Lipinski definition) is 4. The molecule has 0 atom stereocenters. The Hall–Kier alpha value is 0.1000. The summed E-state index contributed by atoms with van der Waals surface area (Å²) in [6.45, 7) is 4.48. The molecule has 2 rings (SSSR count). The van der Waals surface area contributed by atoms with Crippen LogP contribution in [0.1, 0.15) is 24.1 Å². The molecule has 0 saturated carbocycles. The summed E-state index contributed by atoms with van der Waals surface area (Å²) < 4.78 is 12.2. The van der Waals surface area contributed by atoms with Crippen molar-refractivity contribution in [3.63, 3.8) is 0 Å². The van der Waals surface area contributed by atoms with Crippen LogP contribution < -0.4 is 5.32 Å². The van der Waals surface area contributed by atoms with Gasteiger partial charge in [-0.1, -0.05) is 0 Å². The van der Waals surface area contributed by atoms with E-state index in [1.54, 1.807) is 18.4 Å². The van der Waals surface area contributed by atoms with E-state index in [1.165, 1.54) is 8.66 Å². The summed E-state index contributed by atoms with van der Waals surface area (Å²) in [5.41, 5.74) is 0. The van der Waals surface area contributed by atoms with Gasteiger partial charge in [0.15, 0.2) is 5.96 Å². The fraction of sp³-hybridized carbons (Fsp3) is 0.706. The normalized spacial score (nSPS) is 16.0. The molecule has 1 saturated heterocycles. The maximum Gasteiger partial charge on any atom is 0.193 e. The number of aliphatic imine (C=N–C) groups is 1. The van der Waals surface area contributed by atoms with Crippen LogP contribution in [0.15, 0.2) is 20.9 Å². The third-order valence-electron chi connectivity index (χ3n) is 4.08. The number of methoxy groups -OCH3 is 1. The van der Waals surface area contributed by atoms with Gasteiger partial charge < -0.3 is 19.7 Å². The van der Waals surface area contributed by atoms with E-state index in [0.717, 1.165) is 64.5 Å². The van der Waals surface area contributed by atoms with E-state index >= 15 is 0 Å². The zero-order valence-corrected chi connectivity index (χ0v) is 19.7. The summed E-state index contributed by atoms with van der Waals surface area (Å²) in [6, 6.07) is 4.28. The molecule has 0 radical (unpaired) electrons. The summed E-state index contributed by atoms with van der Waals surface area (Å²) in [5.74, 6) is 1.00. The lowest BCUT2D eigenvalue weighted by Gasteiger charge is -2.34. The molecule has 0 unspecified atom stereocenters. The monoisotopic (exact) mass is 545 g/mol. The van der Waals surface area contributed by atoms with E-state index in [0.29, 0.717) is 6.10 Å². The molecule has 1 aromatic rings. The lowest BCUT2D eigenvalue weighted by atomic mass is 10.1. The Labute approximate surface area is 180 Å². The van der Waals surface area contributed by atoms with Crippen molar-refractivity contribution < 1.29 is 9.47 Å². The topological polar surface area (TPSA) is 46.1 Å². The molecule has 1 aliphatic heterocycles. The van der Waals surface area contributed by atoms with Crippen LogP contribution in [0.25, 0.3) is 0 Å². The molecule has 1 aromatic heterocycles. The van der Waals surface area contributed by atoms with Crippen molar-refractivity contribution in [1.29, 1.82) is 0 Å². The van der Waals surface area contributed by atoms with Gasteiger partial charge in [-0.2, -0.15) is 0 Å². The van der Waals surface area contributed by atoms with Crippen LogP contribution in [0.3, 0.4) is 0 Å². The van der Waals surface area contributed by atoms with Crippen LogP contribution >= 0.6 is 51.2 Å². The van der Waals surface area contributed by atoms with Crippen LogP contribution in [0.2, 0.25) is 0 Å². The highest BCUT2D eigenvalue weighted by molar-refractivity contribution is 14.0. The molecule has 1 N–H and O–H groups in total. The minimum Gasteiger partial charge on any atom is -0.385 e. The van der Waals surface area contributed by atoms with Crippen molar-refractivity contribution in [3.05, 3.63) is 20.8 Å². The highest BCUT2D eigenvalue weighted by Crippen LogP contribution is 2.22. The molecule has 1 fully saturated rings. The van der Waals surface area contributed by atoms with E-state index in [2.05, 4.69) is 43.3 Å². The quantitative estimate of drug-likeness (QED) is 0.234. The predicted molar refractivity (Wildman–Crippen MR) is 120 cm³/mol. The number of guanidine groups is 1. The predicted octanol–water partition coefficient (Wildman–Crippen LogP) is 3.76. The Bertz CT molecular complexity index is 508. The standard InChI is InChI=1S/C17H28BrN3O2S.HI/c1-19-17(20-9-6-15-4-5-16(18)24-15)21-10-7-14(8-11-21)23-13-3-12-22-2;/h4-5,14H,3,6-13H2,1-2H3,(H,19,20);1H. The summed E-state index contributed by atoms with van der Waals surface area (Å²) >= 11 is 5.30. The second kappa shape index (κ2) is 13.3. The number of thiophene rings is 1. The second-order valence-electron chi connectivity index (χ2n) is 5.83. The van der Waals surface area contributed by atoms with Crippen molar-refractivity contribution >= 4 is 57.2 Å². The van der Waals surface area contributed by atoms with E-state index in [9.17, 15) is 0 Å². The SMILES string of the molecule is CN=C(NCCc1ccc(Br)s1)N1CCC(OCCCOC)CC1.I. The van der Waals surface area contributed by atoms with Gasteiger partial charge in [-0.3, -0.25) is 4.99 Å². The van der Waals surface area contributed by atoms with Gasteiger partial charge >= 0.3 is 0 Å². The molecule has 25 heavy (non-hydrogen) atoms. The Morgan fingerprint density at radius 2 is 2.12 bits per heavy atom. The number of rotatable bonds is 8. The Morgan fingerprint density at radius 1 is 1.36 bits per heavy atom. The third-order valence-corrected chi connectivity index (χ3v) is 5.77. The lowest BCUT2D eigenvalue weighted by Crippen LogP contribution is -2.47. The van der Waals surface area contributed by atoms with Crippen molar-refractivity contribution in [3.8, 4) is 0 Å². The first kappa shape index (κ1) is 23.1. The largest absolute Gasteiger partial charge is 0.385 e. The number of likely N-dealkylation sites (tertiary alicyclic amines) is 1. The zero-order chi connectivity index (χ0) is 17.2. The number of nitrogens with zero attached hydrogens (tertiary/aromatic N) is 2. The highest BCUT2D eigenvalue weighted by Gasteiger charge is 2.21. The third kappa shape index (κ3) is 8.55. The second-order valence-corrected chi connectivity index (χ2v) is 8.38. The minimum atomic E-state index is 0.